The summed E-state index contributed by atoms with van der Waals surface area (Å²) in [5.41, 5.74) is 2.94. The van der Waals surface area contributed by atoms with E-state index in [1.165, 1.54) is 0 Å². The maximum absolute atomic E-state index is 5.45. The first-order valence-electron chi connectivity index (χ1n) is 6.62. The van der Waals surface area contributed by atoms with Crippen LogP contribution in [0.4, 0.5) is 17.1 Å². The molecule has 2 aromatic carbocycles. The molecule has 5 heteroatoms. The van der Waals surface area contributed by atoms with Gasteiger partial charge in [0.05, 0.1) is 16.4 Å². The first kappa shape index (κ1) is 15.1. The van der Waals surface area contributed by atoms with Gasteiger partial charge in [0, 0.05) is 17.4 Å². The van der Waals surface area contributed by atoms with E-state index in [1.807, 2.05) is 60.7 Å². The second-order valence-electron chi connectivity index (χ2n) is 4.57. The van der Waals surface area contributed by atoms with E-state index in [1.54, 1.807) is 6.21 Å². The monoisotopic (exact) mass is 418 g/mol. The standard InChI is InChI=1S/C17H12Br2N2O/c18-16-10-15(22-17(16)19)11-20-12-6-8-14(9-7-12)21-13-4-2-1-3-5-13/h1-11,21H. The Morgan fingerprint density at radius 1 is 0.909 bits per heavy atom. The highest BCUT2D eigenvalue weighted by atomic mass is 79.9. The summed E-state index contributed by atoms with van der Waals surface area (Å²) in [6, 6.07) is 19.8. The Kier molecular flexibility index (Phi) is 4.75. The Morgan fingerprint density at radius 2 is 1.59 bits per heavy atom. The van der Waals surface area contributed by atoms with Crippen LogP contribution < -0.4 is 5.32 Å². The minimum Gasteiger partial charge on any atom is -0.447 e. The molecule has 1 heterocycles. The molecule has 1 aromatic heterocycles. The predicted molar refractivity (Wildman–Crippen MR) is 97.5 cm³/mol. The molecule has 1 N–H and O–H groups in total. The fourth-order valence-corrected chi connectivity index (χ4v) is 2.49. The molecule has 0 aliphatic rings. The smallest absolute Gasteiger partial charge is 0.184 e. The van der Waals surface area contributed by atoms with Gasteiger partial charge in [-0.05, 0) is 68.3 Å². The van der Waals surface area contributed by atoms with E-state index >= 15 is 0 Å². The zero-order chi connectivity index (χ0) is 15.4. The molecule has 110 valence electrons. The molecule has 0 amide bonds. The van der Waals surface area contributed by atoms with Crippen molar-refractivity contribution in [3.05, 3.63) is 75.6 Å². The van der Waals surface area contributed by atoms with Gasteiger partial charge in [-0.3, -0.25) is 4.99 Å². The minimum atomic E-state index is 0.663. The fraction of sp³-hybridized carbons (Fsp3) is 0. The third-order valence-electron chi connectivity index (χ3n) is 2.93. The van der Waals surface area contributed by atoms with E-state index in [2.05, 4.69) is 42.2 Å². The van der Waals surface area contributed by atoms with Crippen molar-refractivity contribution >= 4 is 55.1 Å². The predicted octanol–water partition coefficient (Wildman–Crippen LogP) is 6.30. The third kappa shape index (κ3) is 3.87. The molecule has 3 aromatic rings. The lowest BCUT2D eigenvalue weighted by Crippen LogP contribution is -1.88. The van der Waals surface area contributed by atoms with Crippen LogP contribution in [0.25, 0.3) is 0 Å². The van der Waals surface area contributed by atoms with Crippen LogP contribution >= 0.6 is 31.9 Å². The van der Waals surface area contributed by atoms with Gasteiger partial charge >= 0.3 is 0 Å². The number of para-hydroxylation sites is 1. The van der Waals surface area contributed by atoms with Crippen molar-refractivity contribution in [2.75, 3.05) is 5.32 Å². The molecular formula is C17H12Br2N2O. The third-order valence-corrected chi connectivity index (χ3v) is 4.64. The van der Waals surface area contributed by atoms with Crippen LogP contribution in [0.1, 0.15) is 5.76 Å². The maximum Gasteiger partial charge on any atom is 0.184 e. The first-order valence-corrected chi connectivity index (χ1v) is 8.20. The summed E-state index contributed by atoms with van der Waals surface area (Å²) in [5.74, 6) is 0.685. The fourth-order valence-electron chi connectivity index (χ4n) is 1.88. The molecule has 0 atom stereocenters. The van der Waals surface area contributed by atoms with E-state index in [9.17, 15) is 0 Å². The molecule has 22 heavy (non-hydrogen) atoms. The maximum atomic E-state index is 5.45. The largest absolute Gasteiger partial charge is 0.447 e. The lowest BCUT2D eigenvalue weighted by Gasteiger charge is -2.05. The number of anilines is 2. The van der Waals surface area contributed by atoms with Gasteiger partial charge in [0.25, 0.3) is 0 Å². The summed E-state index contributed by atoms with van der Waals surface area (Å²) >= 11 is 6.67. The molecular weight excluding hydrogens is 408 g/mol. The van der Waals surface area contributed by atoms with Crippen LogP contribution in [-0.2, 0) is 0 Å². The molecule has 0 bridgehead atoms. The van der Waals surface area contributed by atoms with Gasteiger partial charge in [-0.15, -0.1) is 0 Å². The minimum absolute atomic E-state index is 0.663. The normalized spacial score (nSPS) is 11.0. The summed E-state index contributed by atoms with van der Waals surface area (Å²) in [6.07, 6.45) is 1.69. The highest BCUT2D eigenvalue weighted by Gasteiger charge is 2.03. The van der Waals surface area contributed by atoms with Crippen molar-refractivity contribution < 1.29 is 4.42 Å². The topological polar surface area (TPSA) is 37.5 Å². The number of furan rings is 1. The van der Waals surface area contributed by atoms with Gasteiger partial charge in [0.1, 0.15) is 5.76 Å². The van der Waals surface area contributed by atoms with E-state index < -0.39 is 0 Å². The summed E-state index contributed by atoms with van der Waals surface area (Å²) in [6.45, 7) is 0. The van der Waals surface area contributed by atoms with Crippen molar-refractivity contribution in [2.24, 2.45) is 4.99 Å². The van der Waals surface area contributed by atoms with Crippen LogP contribution in [0.2, 0.25) is 0 Å². The Balaban J connectivity index is 1.69. The molecule has 0 aliphatic carbocycles. The molecule has 3 nitrogen and oxygen atoms in total. The summed E-state index contributed by atoms with van der Waals surface area (Å²) in [5, 5.41) is 3.33. The first-order chi connectivity index (χ1) is 10.7. The number of hydrogen-bond donors (Lipinski definition) is 1. The molecule has 0 aliphatic heterocycles. The summed E-state index contributed by atoms with van der Waals surface area (Å²) in [7, 11) is 0. The highest BCUT2D eigenvalue weighted by Crippen LogP contribution is 2.26. The van der Waals surface area contributed by atoms with Crippen LogP contribution in [-0.4, -0.2) is 6.21 Å². The van der Waals surface area contributed by atoms with Crippen LogP contribution in [0.3, 0.4) is 0 Å². The van der Waals surface area contributed by atoms with E-state index in [0.29, 0.717) is 10.4 Å². The van der Waals surface area contributed by atoms with Crippen molar-refractivity contribution in [3.8, 4) is 0 Å². The number of nitrogens with one attached hydrogen (secondary N) is 1. The second kappa shape index (κ2) is 6.94. The lowest BCUT2D eigenvalue weighted by molar-refractivity contribution is 0.533. The molecule has 3 rings (SSSR count). The molecule has 0 saturated carbocycles. The zero-order valence-corrected chi connectivity index (χ0v) is 14.6. The molecule has 0 unspecified atom stereocenters. The van der Waals surface area contributed by atoms with Gasteiger partial charge in [-0.2, -0.15) is 0 Å². The van der Waals surface area contributed by atoms with Gasteiger partial charge in [-0.1, -0.05) is 18.2 Å². The zero-order valence-electron chi connectivity index (χ0n) is 11.5. The van der Waals surface area contributed by atoms with Crippen molar-refractivity contribution in [3.63, 3.8) is 0 Å². The van der Waals surface area contributed by atoms with Crippen LogP contribution in [0.15, 0.2) is 79.2 Å². The van der Waals surface area contributed by atoms with Gasteiger partial charge in [-0.25, -0.2) is 0 Å². The molecule has 0 saturated heterocycles. The Labute approximate surface area is 145 Å². The van der Waals surface area contributed by atoms with Gasteiger partial charge in [0.2, 0.25) is 0 Å². The van der Waals surface area contributed by atoms with Crippen LogP contribution in [0, 0.1) is 0 Å². The molecule has 0 radical (unpaired) electrons. The average molecular weight is 420 g/mol. The van der Waals surface area contributed by atoms with E-state index in [-0.39, 0.29) is 0 Å². The summed E-state index contributed by atoms with van der Waals surface area (Å²) < 4.78 is 6.98. The van der Waals surface area contributed by atoms with E-state index in [0.717, 1.165) is 21.5 Å². The number of aliphatic imine (C=N–C) groups is 1. The van der Waals surface area contributed by atoms with Crippen molar-refractivity contribution in [1.29, 1.82) is 0 Å². The lowest BCUT2D eigenvalue weighted by atomic mass is 10.2. The average Bonchev–Trinajstić information content (AvgIpc) is 2.86. The van der Waals surface area contributed by atoms with Crippen LogP contribution in [0.5, 0.6) is 0 Å². The van der Waals surface area contributed by atoms with Gasteiger partial charge in [0.15, 0.2) is 4.67 Å². The highest BCUT2D eigenvalue weighted by molar-refractivity contribution is 9.13. The van der Waals surface area contributed by atoms with Crippen molar-refractivity contribution in [1.82, 2.24) is 0 Å². The number of halogens is 2. The Bertz CT molecular complexity index is 761. The Morgan fingerprint density at radius 3 is 2.23 bits per heavy atom. The Hall–Kier alpha value is -1.85. The number of rotatable bonds is 4. The number of nitrogens with zero attached hydrogens (tertiary/aromatic N) is 1. The number of benzene rings is 2. The quantitative estimate of drug-likeness (QED) is 0.504. The SMILES string of the molecule is Brc1cc(C=Nc2ccc(Nc3ccccc3)cc2)oc1Br. The van der Waals surface area contributed by atoms with E-state index in [4.69, 9.17) is 4.42 Å². The van der Waals surface area contributed by atoms with Crippen molar-refractivity contribution in [2.45, 2.75) is 0 Å². The molecule has 0 fully saturated rings. The number of hydrogen-bond acceptors (Lipinski definition) is 3. The summed E-state index contributed by atoms with van der Waals surface area (Å²) in [4.78, 5) is 4.39. The van der Waals surface area contributed by atoms with Gasteiger partial charge < -0.3 is 9.73 Å². The molecule has 0 spiro atoms. The second-order valence-corrected chi connectivity index (χ2v) is 6.14.